The molecule has 0 spiro atoms. The molecular formula is C18H23N3O3. The Hall–Kier alpha value is -2.63. The van der Waals surface area contributed by atoms with E-state index in [1.165, 1.54) is 0 Å². The minimum absolute atomic E-state index is 0.173. The third-order valence-corrected chi connectivity index (χ3v) is 3.72. The molecule has 1 unspecified atom stereocenters. The van der Waals surface area contributed by atoms with E-state index in [1.54, 1.807) is 13.8 Å². The van der Waals surface area contributed by atoms with Crippen molar-refractivity contribution in [1.82, 2.24) is 10.5 Å². The van der Waals surface area contributed by atoms with Crippen molar-refractivity contribution in [3.8, 4) is 0 Å². The van der Waals surface area contributed by atoms with Crippen LogP contribution >= 0.6 is 0 Å². The van der Waals surface area contributed by atoms with Crippen LogP contribution in [0.1, 0.15) is 36.8 Å². The van der Waals surface area contributed by atoms with Crippen LogP contribution in [0.15, 0.2) is 34.9 Å². The van der Waals surface area contributed by atoms with E-state index in [-0.39, 0.29) is 18.2 Å². The molecule has 6 heteroatoms. The van der Waals surface area contributed by atoms with Crippen LogP contribution in [0.4, 0.5) is 5.69 Å². The Labute approximate surface area is 141 Å². The number of aryl methyl sites for hydroxylation is 2. The second-order valence-electron chi connectivity index (χ2n) is 5.76. The van der Waals surface area contributed by atoms with E-state index in [0.29, 0.717) is 23.6 Å². The van der Waals surface area contributed by atoms with Gasteiger partial charge in [0.1, 0.15) is 17.4 Å². The van der Waals surface area contributed by atoms with Crippen LogP contribution in [-0.2, 0) is 16.0 Å². The van der Waals surface area contributed by atoms with Crippen LogP contribution in [0.25, 0.3) is 0 Å². The summed E-state index contributed by atoms with van der Waals surface area (Å²) in [5, 5.41) is 9.43. The lowest BCUT2D eigenvalue weighted by Crippen LogP contribution is -2.44. The van der Waals surface area contributed by atoms with Crippen molar-refractivity contribution in [3.05, 3.63) is 47.3 Å². The molecule has 2 N–H and O–H groups in total. The van der Waals surface area contributed by atoms with Gasteiger partial charge in [-0.3, -0.25) is 9.59 Å². The van der Waals surface area contributed by atoms with Crippen LogP contribution in [-0.4, -0.2) is 23.0 Å². The number of benzene rings is 1. The van der Waals surface area contributed by atoms with Gasteiger partial charge >= 0.3 is 0 Å². The van der Waals surface area contributed by atoms with E-state index in [1.807, 2.05) is 37.3 Å². The Kier molecular flexibility index (Phi) is 6.12. The highest BCUT2D eigenvalue weighted by Crippen LogP contribution is 2.19. The summed E-state index contributed by atoms with van der Waals surface area (Å²) in [6, 6.07) is 8.86. The number of nitrogens with one attached hydrogen (secondary N) is 2. The molecule has 1 heterocycles. The molecule has 24 heavy (non-hydrogen) atoms. The molecule has 0 fully saturated rings. The van der Waals surface area contributed by atoms with Gasteiger partial charge in [-0.25, -0.2) is 0 Å². The van der Waals surface area contributed by atoms with E-state index in [4.69, 9.17) is 4.52 Å². The maximum absolute atomic E-state index is 12.5. The standard InChI is InChI=1S/C18H23N3O3/c1-4-8-15(18(23)20-17-12(2)21-24-13(17)3)19-16(22)11-14-9-6-5-7-10-14/h5-7,9-10,15H,4,8,11H2,1-3H3,(H,19,22)(H,20,23). The molecule has 2 rings (SSSR count). The number of nitrogens with zero attached hydrogens (tertiary/aromatic N) is 1. The third-order valence-electron chi connectivity index (χ3n) is 3.72. The molecule has 0 radical (unpaired) electrons. The average Bonchev–Trinajstić information content (AvgIpc) is 2.87. The van der Waals surface area contributed by atoms with Gasteiger partial charge in [0.2, 0.25) is 11.8 Å². The molecule has 2 aromatic rings. The molecule has 0 bridgehead atoms. The Morgan fingerprint density at radius 2 is 1.92 bits per heavy atom. The van der Waals surface area contributed by atoms with E-state index in [0.717, 1.165) is 12.0 Å². The van der Waals surface area contributed by atoms with Crippen molar-refractivity contribution in [2.24, 2.45) is 0 Å². The number of aromatic nitrogens is 1. The molecule has 1 aromatic carbocycles. The molecule has 6 nitrogen and oxygen atoms in total. The van der Waals surface area contributed by atoms with E-state index < -0.39 is 6.04 Å². The van der Waals surface area contributed by atoms with Crippen molar-refractivity contribution in [3.63, 3.8) is 0 Å². The Morgan fingerprint density at radius 3 is 2.50 bits per heavy atom. The van der Waals surface area contributed by atoms with Crippen LogP contribution in [0.3, 0.4) is 0 Å². The van der Waals surface area contributed by atoms with E-state index in [2.05, 4.69) is 15.8 Å². The number of anilines is 1. The van der Waals surface area contributed by atoms with Crippen molar-refractivity contribution in [2.45, 2.75) is 46.1 Å². The predicted molar refractivity (Wildman–Crippen MR) is 91.6 cm³/mol. The van der Waals surface area contributed by atoms with Gasteiger partial charge in [-0.1, -0.05) is 48.8 Å². The SMILES string of the molecule is CCCC(NC(=O)Cc1ccccc1)C(=O)Nc1c(C)noc1C. The molecule has 0 aliphatic rings. The highest BCUT2D eigenvalue weighted by atomic mass is 16.5. The first-order chi connectivity index (χ1) is 11.5. The quantitative estimate of drug-likeness (QED) is 0.818. The molecule has 2 amide bonds. The van der Waals surface area contributed by atoms with Gasteiger partial charge in [0.05, 0.1) is 6.42 Å². The van der Waals surface area contributed by atoms with Crippen LogP contribution in [0.2, 0.25) is 0 Å². The summed E-state index contributed by atoms with van der Waals surface area (Å²) in [7, 11) is 0. The molecule has 0 saturated carbocycles. The normalized spacial score (nSPS) is 11.8. The van der Waals surface area contributed by atoms with Gasteiger partial charge < -0.3 is 15.2 Å². The first-order valence-electron chi connectivity index (χ1n) is 8.08. The summed E-state index contributed by atoms with van der Waals surface area (Å²) >= 11 is 0. The van der Waals surface area contributed by atoms with Crippen molar-refractivity contribution in [2.75, 3.05) is 5.32 Å². The third kappa shape index (κ3) is 4.68. The molecule has 128 valence electrons. The highest BCUT2D eigenvalue weighted by molar-refractivity contribution is 5.98. The fourth-order valence-corrected chi connectivity index (χ4v) is 2.46. The smallest absolute Gasteiger partial charge is 0.247 e. The largest absolute Gasteiger partial charge is 0.359 e. The Balaban J connectivity index is 2.00. The monoisotopic (exact) mass is 329 g/mol. The Morgan fingerprint density at radius 1 is 1.21 bits per heavy atom. The number of carbonyl (C=O) groups excluding carboxylic acids is 2. The van der Waals surface area contributed by atoms with Gasteiger partial charge in [0.15, 0.2) is 5.76 Å². The van der Waals surface area contributed by atoms with E-state index in [9.17, 15) is 9.59 Å². The lowest BCUT2D eigenvalue weighted by Gasteiger charge is -2.18. The zero-order valence-electron chi connectivity index (χ0n) is 14.3. The predicted octanol–water partition coefficient (Wildman–Crippen LogP) is 2.76. The molecule has 1 aromatic heterocycles. The maximum atomic E-state index is 12.5. The summed E-state index contributed by atoms with van der Waals surface area (Å²) in [4.78, 5) is 24.7. The molecule has 0 aliphatic carbocycles. The summed E-state index contributed by atoms with van der Waals surface area (Å²) in [6.45, 7) is 5.47. The number of amides is 2. The lowest BCUT2D eigenvalue weighted by molar-refractivity contribution is -0.126. The minimum atomic E-state index is -0.583. The number of carbonyl (C=O) groups is 2. The fraction of sp³-hybridized carbons (Fsp3) is 0.389. The minimum Gasteiger partial charge on any atom is -0.359 e. The molecular weight excluding hydrogens is 306 g/mol. The fourth-order valence-electron chi connectivity index (χ4n) is 2.46. The summed E-state index contributed by atoms with van der Waals surface area (Å²) in [6.07, 6.45) is 1.60. The molecule has 0 aliphatic heterocycles. The van der Waals surface area contributed by atoms with Gasteiger partial charge in [0.25, 0.3) is 0 Å². The van der Waals surface area contributed by atoms with Gasteiger partial charge in [-0.15, -0.1) is 0 Å². The zero-order valence-corrected chi connectivity index (χ0v) is 14.3. The average molecular weight is 329 g/mol. The summed E-state index contributed by atoms with van der Waals surface area (Å²) < 4.78 is 5.04. The summed E-state index contributed by atoms with van der Waals surface area (Å²) in [5.74, 6) is 0.118. The van der Waals surface area contributed by atoms with Gasteiger partial charge in [0, 0.05) is 0 Å². The highest BCUT2D eigenvalue weighted by Gasteiger charge is 2.22. The number of rotatable bonds is 7. The zero-order chi connectivity index (χ0) is 17.5. The van der Waals surface area contributed by atoms with Crippen molar-refractivity contribution >= 4 is 17.5 Å². The molecule has 1 atom stereocenters. The van der Waals surface area contributed by atoms with Crippen LogP contribution in [0.5, 0.6) is 0 Å². The molecule has 0 saturated heterocycles. The van der Waals surface area contributed by atoms with Gasteiger partial charge in [-0.2, -0.15) is 0 Å². The van der Waals surface area contributed by atoms with Crippen LogP contribution in [0, 0.1) is 13.8 Å². The first-order valence-corrected chi connectivity index (χ1v) is 8.08. The van der Waals surface area contributed by atoms with Gasteiger partial charge in [-0.05, 0) is 25.8 Å². The van der Waals surface area contributed by atoms with Crippen molar-refractivity contribution in [1.29, 1.82) is 0 Å². The van der Waals surface area contributed by atoms with E-state index >= 15 is 0 Å². The maximum Gasteiger partial charge on any atom is 0.247 e. The van der Waals surface area contributed by atoms with Crippen molar-refractivity contribution < 1.29 is 14.1 Å². The number of hydrogen-bond donors (Lipinski definition) is 2. The second kappa shape index (κ2) is 8.29. The summed E-state index contributed by atoms with van der Waals surface area (Å²) in [5.41, 5.74) is 2.10. The second-order valence-corrected chi connectivity index (χ2v) is 5.76. The lowest BCUT2D eigenvalue weighted by atomic mass is 10.1. The Bertz CT molecular complexity index is 675. The number of hydrogen-bond acceptors (Lipinski definition) is 4. The topological polar surface area (TPSA) is 84.2 Å². The van der Waals surface area contributed by atoms with Crippen LogP contribution < -0.4 is 10.6 Å². The first kappa shape index (κ1) is 17.7.